The summed E-state index contributed by atoms with van der Waals surface area (Å²) in [5.41, 5.74) is -0.544. The minimum absolute atomic E-state index is 0.0108. The Bertz CT molecular complexity index is 657. The first-order chi connectivity index (χ1) is 13.0. The molecule has 1 heterocycles. The lowest BCUT2D eigenvalue weighted by Crippen LogP contribution is -2.42. The molecule has 1 atom stereocenters. The number of carbonyl (C=O) groups excluding carboxylic acids is 2. The standard InChI is InChI=1S/C17H33N5O5S/c1-5-18-15(20-9-10-21-16(24)27-17(2,3)4)19-8-6-14(23)22-13-7-11-28(25,26)12-13/h13H,5-12H2,1-4H3,(H,21,24)(H,22,23)(H2,18,19,20). The number of aliphatic imine (C=N–C) groups is 1. The average molecular weight is 420 g/mol. The quantitative estimate of drug-likeness (QED) is 0.242. The molecular formula is C17H33N5O5S. The van der Waals surface area contributed by atoms with Gasteiger partial charge in [-0.2, -0.15) is 0 Å². The summed E-state index contributed by atoms with van der Waals surface area (Å²) in [7, 11) is -3.01. The van der Waals surface area contributed by atoms with Crippen LogP contribution in [0.15, 0.2) is 4.99 Å². The van der Waals surface area contributed by atoms with Gasteiger partial charge in [0.25, 0.3) is 0 Å². The number of nitrogens with one attached hydrogen (secondary N) is 4. The van der Waals surface area contributed by atoms with Crippen LogP contribution in [0.5, 0.6) is 0 Å². The minimum atomic E-state index is -3.01. The van der Waals surface area contributed by atoms with Crippen LogP contribution in [0.25, 0.3) is 0 Å². The molecule has 1 fully saturated rings. The second kappa shape index (κ2) is 11.1. The van der Waals surface area contributed by atoms with Crippen molar-refractivity contribution in [2.24, 2.45) is 4.99 Å². The number of rotatable bonds is 8. The minimum Gasteiger partial charge on any atom is -0.444 e. The third-order valence-electron chi connectivity index (χ3n) is 3.64. The molecule has 0 radical (unpaired) electrons. The monoisotopic (exact) mass is 419 g/mol. The second-order valence-corrected chi connectivity index (χ2v) is 9.76. The molecule has 0 saturated carbocycles. The summed E-state index contributed by atoms with van der Waals surface area (Å²) >= 11 is 0. The van der Waals surface area contributed by atoms with E-state index in [4.69, 9.17) is 4.74 Å². The molecule has 1 saturated heterocycles. The van der Waals surface area contributed by atoms with Gasteiger partial charge in [-0.05, 0) is 34.1 Å². The van der Waals surface area contributed by atoms with E-state index in [0.29, 0.717) is 32.0 Å². The maximum atomic E-state index is 11.9. The zero-order valence-electron chi connectivity index (χ0n) is 17.1. The van der Waals surface area contributed by atoms with Gasteiger partial charge in [0.15, 0.2) is 15.8 Å². The highest BCUT2D eigenvalue weighted by Gasteiger charge is 2.28. The Morgan fingerprint density at radius 2 is 1.82 bits per heavy atom. The summed E-state index contributed by atoms with van der Waals surface area (Å²) in [6, 6.07) is -0.299. The van der Waals surface area contributed by atoms with E-state index in [-0.39, 0.29) is 36.4 Å². The molecule has 1 aliphatic rings. The molecule has 1 unspecified atom stereocenters. The second-order valence-electron chi connectivity index (χ2n) is 7.53. The van der Waals surface area contributed by atoms with E-state index in [1.807, 2.05) is 6.92 Å². The number of hydrogen-bond acceptors (Lipinski definition) is 6. The topological polar surface area (TPSA) is 138 Å². The summed E-state index contributed by atoms with van der Waals surface area (Å²) in [6.45, 7) is 9.02. The van der Waals surface area contributed by atoms with E-state index in [1.54, 1.807) is 20.8 Å². The average Bonchev–Trinajstić information content (AvgIpc) is 2.88. The predicted octanol–water partition coefficient (Wildman–Crippen LogP) is -0.240. The van der Waals surface area contributed by atoms with Crippen molar-refractivity contribution < 1.29 is 22.7 Å². The van der Waals surface area contributed by atoms with Gasteiger partial charge in [-0.1, -0.05) is 0 Å². The molecule has 1 rings (SSSR count). The fourth-order valence-electron chi connectivity index (χ4n) is 2.48. The van der Waals surface area contributed by atoms with Gasteiger partial charge in [0.05, 0.1) is 18.1 Å². The van der Waals surface area contributed by atoms with Crippen LogP contribution in [-0.4, -0.2) is 75.7 Å². The van der Waals surface area contributed by atoms with Gasteiger partial charge < -0.3 is 26.0 Å². The van der Waals surface area contributed by atoms with Crippen molar-refractivity contribution in [3.8, 4) is 0 Å². The van der Waals surface area contributed by atoms with E-state index in [2.05, 4.69) is 26.3 Å². The molecule has 0 aromatic rings. The molecule has 28 heavy (non-hydrogen) atoms. The van der Waals surface area contributed by atoms with Crippen LogP contribution >= 0.6 is 0 Å². The third kappa shape index (κ3) is 11.0. The van der Waals surface area contributed by atoms with Crippen LogP contribution < -0.4 is 21.3 Å². The number of alkyl carbamates (subject to hydrolysis) is 1. The van der Waals surface area contributed by atoms with Crippen molar-refractivity contribution in [3.05, 3.63) is 0 Å². The van der Waals surface area contributed by atoms with E-state index in [9.17, 15) is 18.0 Å². The molecule has 10 nitrogen and oxygen atoms in total. The number of nitrogens with zero attached hydrogens (tertiary/aromatic N) is 1. The maximum absolute atomic E-state index is 11.9. The van der Waals surface area contributed by atoms with Crippen LogP contribution in [-0.2, 0) is 19.4 Å². The Morgan fingerprint density at radius 3 is 2.39 bits per heavy atom. The lowest BCUT2D eigenvalue weighted by Gasteiger charge is -2.19. The maximum Gasteiger partial charge on any atom is 0.407 e. The molecular weight excluding hydrogens is 386 g/mol. The number of sulfone groups is 1. The van der Waals surface area contributed by atoms with Crippen molar-refractivity contribution in [2.75, 3.05) is 37.7 Å². The number of amides is 2. The summed E-state index contributed by atoms with van der Waals surface area (Å²) in [4.78, 5) is 27.8. The normalized spacial score (nSPS) is 19.0. The fourth-order valence-corrected chi connectivity index (χ4v) is 4.15. The van der Waals surface area contributed by atoms with Crippen molar-refractivity contribution in [1.29, 1.82) is 0 Å². The summed E-state index contributed by atoms with van der Waals surface area (Å²) in [5.74, 6) is 0.455. The first-order valence-corrected chi connectivity index (χ1v) is 11.3. The zero-order chi connectivity index (χ0) is 21.2. The number of carbonyl (C=O) groups is 2. The zero-order valence-corrected chi connectivity index (χ0v) is 17.9. The lowest BCUT2D eigenvalue weighted by atomic mass is 10.2. The Balaban J connectivity index is 2.29. The van der Waals surface area contributed by atoms with Crippen LogP contribution in [0.3, 0.4) is 0 Å². The van der Waals surface area contributed by atoms with Crippen LogP contribution in [0, 0.1) is 0 Å². The summed E-state index contributed by atoms with van der Waals surface area (Å²) in [5, 5.41) is 11.5. The van der Waals surface area contributed by atoms with Crippen molar-refractivity contribution >= 4 is 27.8 Å². The summed E-state index contributed by atoms with van der Waals surface area (Å²) in [6.07, 6.45) is 0.150. The molecule has 0 aromatic carbocycles. The molecule has 0 aromatic heterocycles. The van der Waals surface area contributed by atoms with Crippen LogP contribution in [0.1, 0.15) is 40.5 Å². The molecule has 0 aliphatic carbocycles. The third-order valence-corrected chi connectivity index (χ3v) is 5.40. The Labute approximate surface area is 167 Å². The molecule has 1 aliphatic heterocycles. The Morgan fingerprint density at radius 1 is 1.14 bits per heavy atom. The van der Waals surface area contributed by atoms with Gasteiger partial charge in [-0.3, -0.25) is 9.79 Å². The van der Waals surface area contributed by atoms with Gasteiger partial charge in [0.1, 0.15) is 5.60 Å². The van der Waals surface area contributed by atoms with Crippen LogP contribution in [0.4, 0.5) is 4.79 Å². The van der Waals surface area contributed by atoms with Gasteiger partial charge in [-0.15, -0.1) is 0 Å². The van der Waals surface area contributed by atoms with Gasteiger partial charge in [-0.25, -0.2) is 13.2 Å². The lowest BCUT2D eigenvalue weighted by molar-refractivity contribution is -0.121. The fraction of sp³-hybridized carbons (Fsp3) is 0.824. The highest BCUT2D eigenvalue weighted by atomic mass is 32.2. The molecule has 0 spiro atoms. The molecule has 11 heteroatoms. The largest absolute Gasteiger partial charge is 0.444 e. The smallest absolute Gasteiger partial charge is 0.407 e. The number of guanidine groups is 1. The molecule has 2 amide bonds. The SMILES string of the molecule is CCNC(=NCCC(=O)NC1CCS(=O)(=O)C1)NCCNC(=O)OC(C)(C)C. The van der Waals surface area contributed by atoms with E-state index in [0.717, 1.165) is 0 Å². The van der Waals surface area contributed by atoms with Crippen molar-refractivity contribution in [2.45, 2.75) is 52.2 Å². The Hall–Kier alpha value is -2.04. The van der Waals surface area contributed by atoms with Crippen molar-refractivity contribution in [1.82, 2.24) is 21.3 Å². The first kappa shape index (κ1) is 24.0. The van der Waals surface area contributed by atoms with E-state index in [1.165, 1.54) is 0 Å². The van der Waals surface area contributed by atoms with E-state index < -0.39 is 21.5 Å². The molecule has 4 N–H and O–H groups in total. The predicted molar refractivity (Wildman–Crippen MR) is 108 cm³/mol. The first-order valence-electron chi connectivity index (χ1n) is 9.49. The molecule has 0 bridgehead atoms. The number of hydrogen-bond donors (Lipinski definition) is 4. The Kier molecular flexibility index (Phi) is 9.50. The summed E-state index contributed by atoms with van der Waals surface area (Å²) < 4.78 is 28.0. The highest BCUT2D eigenvalue weighted by Crippen LogP contribution is 2.11. The van der Waals surface area contributed by atoms with Gasteiger partial charge in [0.2, 0.25) is 5.91 Å². The number of ether oxygens (including phenoxy) is 1. The van der Waals surface area contributed by atoms with Gasteiger partial charge >= 0.3 is 6.09 Å². The van der Waals surface area contributed by atoms with Gasteiger partial charge in [0, 0.05) is 32.1 Å². The van der Waals surface area contributed by atoms with E-state index >= 15 is 0 Å². The molecule has 162 valence electrons. The van der Waals surface area contributed by atoms with Crippen molar-refractivity contribution in [3.63, 3.8) is 0 Å². The van der Waals surface area contributed by atoms with Crippen LogP contribution in [0.2, 0.25) is 0 Å². The highest BCUT2D eigenvalue weighted by molar-refractivity contribution is 7.91.